The van der Waals surface area contributed by atoms with E-state index in [9.17, 15) is 24.8 Å². The molecule has 0 spiro atoms. The fourth-order valence-electron chi connectivity index (χ4n) is 2.04. The van der Waals surface area contributed by atoms with E-state index in [0.717, 1.165) is 0 Å². The number of rotatable bonds is 7. The molecule has 1 rings (SSSR count). The van der Waals surface area contributed by atoms with Gasteiger partial charge in [-0.15, -0.1) is 0 Å². The normalized spacial score (nSPS) is 36.7. The summed E-state index contributed by atoms with van der Waals surface area (Å²) in [6.45, 7) is 2.98. The maximum atomic E-state index is 11.5. The summed E-state index contributed by atoms with van der Waals surface area (Å²) < 4.78 is 26.2. The van der Waals surface area contributed by atoms with Gasteiger partial charge in [-0.3, -0.25) is 9.05 Å². The molecular formula is C11H24NO8P. The van der Waals surface area contributed by atoms with Gasteiger partial charge in [0.05, 0.1) is 19.3 Å². The fraction of sp³-hybridized carbons (Fsp3) is 1.00. The third-order valence-corrected chi connectivity index (χ3v) is 4.16. The maximum absolute atomic E-state index is 11.5. The van der Waals surface area contributed by atoms with Crippen LogP contribution in [0, 0.1) is 5.92 Å². The zero-order valence-electron chi connectivity index (χ0n) is 12.0. The third kappa shape index (κ3) is 5.24. The summed E-state index contributed by atoms with van der Waals surface area (Å²) in [7, 11) is -4.30. The molecular weight excluding hydrogens is 305 g/mol. The maximum Gasteiger partial charge on any atom is 0.472 e. The van der Waals surface area contributed by atoms with E-state index in [2.05, 4.69) is 4.52 Å². The molecule has 1 aliphatic rings. The van der Waals surface area contributed by atoms with E-state index in [1.165, 1.54) is 0 Å². The lowest BCUT2D eigenvalue weighted by atomic mass is 9.90. The highest BCUT2D eigenvalue weighted by atomic mass is 31.2. The summed E-state index contributed by atoms with van der Waals surface area (Å²) in [4.78, 5) is 9.36. The van der Waals surface area contributed by atoms with E-state index in [1.807, 2.05) is 0 Å². The minimum atomic E-state index is -4.30. The van der Waals surface area contributed by atoms with Crippen LogP contribution in [-0.2, 0) is 18.3 Å². The molecule has 0 aromatic rings. The van der Waals surface area contributed by atoms with Crippen molar-refractivity contribution < 1.29 is 38.6 Å². The Labute approximate surface area is 123 Å². The predicted molar refractivity (Wildman–Crippen MR) is 72.3 cm³/mol. The van der Waals surface area contributed by atoms with Gasteiger partial charge in [-0.1, -0.05) is 13.8 Å². The van der Waals surface area contributed by atoms with Crippen LogP contribution in [0.25, 0.3) is 0 Å². The van der Waals surface area contributed by atoms with Crippen LogP contribution in [0.15, 0.2) is 0 Å². The average Bonchev–Trinajstić information content (AvgIpc) is 2.41. The van der Waals surface area contributed by atoms with Gasteiger partial charge in [-0.25, -0.2) is 4.57 Å². The first-order valence-electron chi connectivity index (χ1n) is 6.71. The molecule has 6 N–H and O–H groups in total. The van der Waals surface area contributed by atoms with Crippen LogP contribution in [0.1, 0.15) is 13.8 Å². The lowest BCUT2D eigenvalue weighted by Gasteiger charge is -2.42. The standard InChI is InChI=1S/C11H24NO8P/c1-6(2)11-10(15)9(14)8(13)7(20-11)5-19-21(16,17)18-4-3-12/h6-11,13-15H,3-5,12H2,1-2H3,(H,16,17). The summed E-state index contributed by atoms with van der Waals surface area (Å²) >= 11 is 0. The number of hydrogen-bond donors (Lipinski definition) is 5. The number of hydrogen-bond acceptors (Lipinski definition) is 8. The smallest absolute Gasteiger partial charge is 0.388 e. The van der Waals surface area contributed by atoms with Crippen LogP contribution in [0.2, 0.25) is 0 Å². The van der Waals surface area contributed by atoms with Crippen LogP contribution >= 0.6 is 7.82 Å². The zero-order chi connectivity index (χ0) is 16.2. The van der Waals surface area contributed by atoms with Gasteiger partial charge in [0.1, 0.15) is 24.4 Å². The molecule has 9 nitrogen and oxygen atoms in total. The average molecular weight is 329 g/mol. The van der Waals surface area contributed by atoms with Gasteiger partial charge < -0.3 is 30.7 Å². The van der Waals surface area contributed by atoms with Crippen molar-refractivity contribution in [2.24, 2.45) is 11.7 Å². The first kappa shape index (κ1) is 19.0. The molecule has 21 heavy (non-hydrogen) atoms. The molecule has 0 amide bonds. The second-order valence-corrected chi connectivity index (χ2v) is 6.69. The number of aliphatic hydroxyl groups excluding tert-OH is 3. The molecule has 0 aromatic carbocycles. The molecule has 6 atom stereocenters. The first-order chi connectivity index (χ1) is 9.69. The quantitative estimate of drug-likeness (QED) is 0.354. The molecule has 1 heterocycles. The zero-order valence-corrected chi connectivity index (χ0v) is 12.9. The Balaban J connectivity index is 2.63. The molecule has 0 saturated carbocycles. The second kappa shape index (κ2) is 7.96. The van der Waals surface area contributed by atoms with E-state index >= 15 is 0 Å². The Morgan fingerprint density at radius 2 is 1.81 bits per heavy atom. The monoisotopic (exact) mass is 329 g/mol. The lowest BCUT2D eigenvalue weighted by Crippen LogP contribution is -2.59. The van der Waals surface area contributed by atoms with Crippen molar-refractivity contribution in [3.8, 4) is 0 Å². The van der Waals surface area contributed by atoms with Crippen LogP contribution in [0.4, 0.5) is 0 Å². The molecule has 1 aliphatic heterocycles. The van der Waals surface area contributed by atoms with Crippen LogP contribution in [0.5, 0.6) is 0 Å². The van der Waals surface area contributed by atoms with Gasteiger partial charge in [0, 0.05) is 6.54 Å². The summed E-state index contributed by atoms with van der Waals surface area (Å²) in [5.74, 6) is -0.126. The van der Waals surface area contributed by atoms with Gasteiger partial charge in [-0.2, -0.15) is 0 Å². The van der Waals surface area contributed by atoms with Crippen LogP contribution in [0.3, 0.4) is 0 Å². The minimum absolute atomic E-state index is 0.0524. The Hall–Kier alpha value is -0.0900. The number of phosphoric ester groups is 1. The highest BCUT2D eigenvalue weighted by molar-refractivity contribution is 7.47. The Bertz CT molecular complexity index is 368. The van der Waals surface area contributed by atoms with Crippen molar-refractivity contribution in [3.63, 3.8) is 0 Å². The predicted octanol–water partition coefficient (Wildman–Crippen LogP) is -1.42. The van der Waals surface area contributed by atoms with Crippen LogP contribution < -0.4 is 5.73 Å². The van der Waals surface area contributed by atoms with Crippen molar-refractivity contribution in [2.75, 3.05) is 19.8 Å². The molecule has 6 unspecified atom stereocenters. The molecule has 1 fully saturated rings. The molecule has 0 aromatic heterocycles. The molecule has 0 radical (unpaired) electrons. The van der Waals surface area contributed by atoms with Crippen molar-refractivity contribution >= 4 is 7.82 Å². The van der Waals surface area contributed by atoms with Crippen LogP contribution in [-0.4, -0.2) is 70.5 Å². The highest BCUT2D eigenvalue weighted by Gasteiger charge is 2.45. The number of aliphatic hydroxyl groups is 3. The van der Waals surface area contributed by atoms with Gasteiger partial charge in [0.15, 0.2) is 0 Å². The van der Waals surface area contributed by atoms with Crippen molar-refractivity contribution in [3.05, 3.63) is 0 Å². The summed E-state index contributed by atoms with van der Waals surface area (Å²) in [5, 5.41) is 29.4. The second-order valence-electron chi connectivity index (χ2n) is 5.24. The number of nitrogens with two attached hydrogens (primary N) is 1. The molecule has 0 aliphatic carbocycles. The van der Waals surface area contributed by atoms with E-state index < -0.39 is 44.9 Å². The number of phosphoric acid groups is 1. The van der Waals surface area contributed by atoms with Gasteiger partial charge >= 0.3 is 7.82 Å². The largest absolute Gasteiger partial charge is 0.472 e. The van der Waals surface area contributed by atoms with E-state index in [0.29, 0.717) is 0 Å². The van der Waals surface area contributed by atoms with Crippen molar-refractivity contribution in [2.45, 2.75) is 44.4 Å². The molecule has 10 heteroatoms. The number of ether oxygens (including phenoxy) is 1. The van der Waals surface area contributed by atoms with Crippen molar-refractivity contribution in [1.82, 2.24) is 0 Å². The van der Waals surface area contributed by atoms with Crippen molar-refractivity contribution in [1.29, 1.82) is 0 Å². The van der Waals surface area contributed by atoms with Gasteiger partial charge in [0.2, 0.25) is 0 Å². The van der Waals surface area contributed by atoms with E-state index in [1.54, 1.807) is 13.8 Å². The minimum Gasteiger partial charge on any atom is -0.388 e. The van der Waals surface area contributed by atoms with Gasteiger partial charge in [0.25, 0.3) is 0 Å². The third-order valence-electron chi connectivity index (χ3n) is 3.18. The summed E-state index contributed by atoms with van der Waals surface area (Å²) in [5.41, 5.74) is 5.14. The van der Waals surface area contributed by atoms with E-state index in [4.69, 9.17) is 15.0 Å². The Morgan fingerprint density at radius 3 is 2.33 bits per heavy atom. The molecule has 0 bridgehead atoms. The van der Waals surface area contributed by atoms with Gasteiger partial charge in [-0.05, 0) is 5.92 Å². The summed E-state index contributed by atoms with van der Waals surface area (Å²) in [6.07, 6.45) is -5.89. The lowest BCUT2D eigenvalue weighted by molar-refractivity contribution is -0.237. The fourth-order valence-corrected chi connectivity index (χ4v) is 2.79. The SMILES string of the molecule is CC(C)C1OC(COP(=O)(O)OCCN)C(O)C(O)C1O. The topological polar surface area (TPSA) is 152 Å². The Kier molecular flexibility index (Phi) is 7.18. The Morgan fingerprint density at radius 1 is 1.19 bits per heavy atom. The molecule has 126 valence electrons. The summed E-state index contributed by atoms with van der Waals surface area (Å²) in [6, 6.07) is 0. The van der Waals surface area contributed by atoms with E-state index in [-0.39, 0.29) is 19.1 Å². The first-order valence-corrected chi connectivity index (χ1v) is 8.20. The highest BCUT2D eigenvalue weighted by Crippen LogP contribution is 2.43. The molecule has 1 saturated heterocycles.